The van der Waals surface area contributed by atoms with E-state index in [4.69, 9.17) is 11.6 Å². The highest BCUT2D eigenvalue weighted by atomic mass is 35.5. The molecule has 3 aromatic carbocycles. The van der Waals surface area contributed by atoms with Crippen molar-refractivity contribution in [2.24, 2.45) is 5.41 Å². The van der Waals surface area contributed by atoms with Gasteiger partial charge in [-0.15, -0.1) is 0 Å². The van der Waals surface area contributed by atoms with Gasteiger partial charge in [0.1, 0.15) is 0 Å². The van der Waals surface area contributed by atoms with Crippen LogP contribution in [-0.4, -0.2) is 0 Å². The lowest BCUT2D eigenvalue weighted by Crippen LogP contribution is -2.09. The van der Waals surface area contributed by atoms with E-state index in [1.165, 1.54) is 38.6 Å². The number of fused-ring (bicyclic) bond motifs is 5. The Bertz CT molecular complexity index is 913. The Kier molecular flexibility index (Phi) is 3.28. The molecule has 0 aromatic heterocycles. The van der Waals surface area contributed by atoms with E-state index in [2.05, 4.69) is 69.3 Å². The lowest BCUT2D eigenvalue weighted by atomic mass is 9.86. The molecule has 4 rings (SSSR count). The van der Waals surface area contributed by atoms with Crippen LogP contribution in [0.5, 0.6) is 0 Å². The van der Waals surface area contributed by atoms with Crippen LogP contribution in [0.4, 0.5) is 0 Å². The van der Waals surface area contributed by atoms with Gasteiger partial charge in [0.2, 0.25) is 0 Å². The van der Waals surface area contributed by atoms with E-state index in [0.29, 0.717) is 5.41 Å². The molecule has 0 nitrogen and oxygen atoms in total. The Morgan fingerprint density at radius 3 is 2.57 bits per heavy atom. The van der Waals surface area contributed by atoms with Crippen LogP contribution in [0.15, 0.2) is 48.5 Å². The van der Waals surface area contributed by atoms with Crippen molar-refractivity contribution < 1.29 is 0 Å². The van der Waals surface area contributed by atoms with E-state index in [9.17, 15) is 0 Å². The van der Waals surface area contributed by atoms with Crippen molar-refractivity contribution in [2.45, 2.75) is 33.6 Å². The van der Waals surface area contributed by atoms with E-state index < -0.39 is 0 Å². The van der Waals surface area contributed by atoms with Crippen LogP contribution < -0.4 is 0 Å². The zero-order valence-electron chi connectivity index (χ0n) is 13.9. The molecule has 0 amide bonds. The van der Waals surface area contributed by atoms with Gasteiger partial charge in [0.25, 0.3) is 0 Å². The van der Waals surface area contributed by atoms with Gasteiger partial charge < -0.3 is 0 Å². The number of hydrogen-bond donors (Lipinski definition) is 0. The summed E-state index contributed by atoms with van der Waals surface area (Å²) in [5, 5.41) is 3.44. The molecule has 1 aliphatic carbocycles. The molecule has 1 heteroatoms. The van der Waals surface area contributed by atoms with E-state index in [1.807, 2.05) is 0 Å². The number of halogens is 1. The molecule has 23 heavy (non-hydrogen) atoms. The Morgan fingerprint density at radius 2 is 1.78 bits per heavy atom. The van der Waals surface area contributed by atoms with E-state index in [0.717, 1.165) is 17.9 Å². The summed E-state index contributed by atoms with van der Waals surface area (Å²) in [5.41, 5.74) is 7.11. The van der Waals surface area contributed by atoms with Crippen molar-refractivity contribution in [3.05, 3.63) is 70.2 Å². The average molecular weight is 321 g/mol. The quantitative estimate of drug-likeness (QED) is 0.368. The molecule has 0 fully saturated rings. The van der Waals surface area contributed by atoms with Gasteiger partial charge in [-0.2, -0.15) is 0 Å². The summed E-state index contributed by atoms with van der Waals surface area (Å²) in [6.45, 7) is 6.88. The largest absolute Gasteiger partial charge is 0.0840 e. The summed E-state index contributed by atoms with van der Waals surface area (Å²) in [7, 11) is 0. The smallest absolute Gasteiger partial charge is 0.0453 e. The highest BCUT2D eigenvalue weighted by Gasteiger charge is 2.24. The molecule has 0 N–H and O–H groups in total. The average Bonchev–Trinajstić information content (AvgIpc) is 2.85. The summed E-state index contributed by atoms with van der Waals surface area (Å²) >= 11 is 6.58. The zero-order valence-corrected chi connectivity index (χ0v) is 14.7. The highest BCUT2D eigenvalue weighted by molar-refractivity contribution is 6.33. The number of hydrogen-bond acceptors (Lipinski definition) is 0. The maximum Gasteiger partial charge on any atom is 0.0453 e. The Balaban J connectivity index is 1.95. The third kappa shape index (κ3) is 2.56. The standard InChI is InChI=1S/C22H21Cl/c1-22(2,3)13-14-8-9-16-11-19-20(23)12-15-6-4-5-7-17(15)21(19)18(16)10-14/h4-10,12H,11,13H2,1-3H3. The van der Waals surface area contributed by atoms with Gasteiger partial charge in [0, 0.05) is 11.4 Å². The van der Waals surface area contributed by atoms with Crippen LogP contribution in [0, 0.1) is 5.41 Å². The molecule has 0 atom stereocenters. The fraction of sp³-hybridized carbons (Fsp3) is 0.273. The molecule has 0 bridgehead atoms. The fourth-order valence-electron chi connectivity index (χ4n) is 3.76. The van der Waals surface area contributed by atoms with Crippen molar-refractivity contribution >= 4 is 22.4 Å². The lowest BCUT2D eigenvalue weighted by molar-refractivity contribution is 0.411. The first-order chi connectivity index (χ1) is 10.9. The van der Waals surface area contributed by atoms with Crippen molar-refractivity contribution in [2.75, 3.05) is 0 Å². The maximum atomic E-state index is 6.58. The van der Waals surface area contributed by atoms with Crippen molar-refractivity contribution in [1.82, 2.24) is 0 Å². The lowest BCUT2D eigenvalue weighted by Gasteiger charge is -2.19. The number of benzene rings is 3. The van der Waals surface area contributed by atoms with Gasteiger partial charge in [-0.05, 0) is 56.5 Å². The van der Waals surface area contributed by atoms with Gasteiger partial charge in [-0.25, -0.2) is 0 Å². The monoisotopic (exact) mass is 320 g/mol. The van der Waals surface area contributed by atoms with Crippen LogP contribution in [0.3, 0.4) is 0 Å². The molecule has 1 aliphatic rings. The van der Waals surface area contributed by atoms with Crippen LogP contribution in [-0.2, 0) is 12.8 Å². The van der Waals surface area contributed by atoms with Gasteiger partial charge in [0.05, 0.1) is 0 Å². The third-order valence-corrected chi connectivity index (χ3v) is 4.98. The minimum atomic E-state index is 0.298. The molecule has 0 unspecified atom stereocenters. The highest BCUT2D eigenvalue weighted by Crippen LogP contribution is 2.45. The summed E-state index contributed by atoms with van der Waals surface area (Å²) in [4.78, 5) is 0. The third-order valence-electron chi connectivity index (χ3n) is 4.65. The van der Waals surface area contributed by atoms with Crippen LogP contribution in [0.25, 0.3) is 21.9 Å². The van der Waals surface area contributed by atoms with Crippen molar-refractivity contribution in [1.29, 1.82) is 0 Å². The summed E-state index contributed by atoms with van der Waals surface area (Å²) < 4.78 is 0. The molecular weight excluding hydrogens is 300 g/mol. The predicted octanol–water partition coefficient (Wildman–Crippen LogP) is 6.65. The van der Waals surface area contributed by atoms with Crippen LogP contribution >= 0.6 is 11.6 Å². The molecule has 0 spiro atoms. The molecule has 0 saturated heterocycles. The minimum Gasteiger partial charge on any atom is -0.0840 e. The summed E-state index contributed by atoms with van der Waals surface area (Å²) in [6, 6.07) is 17.6. The molecule has 116 valence electrons. The van der Waals surface area contributed by atoms with Crippen molar-refractivity contribution in [3.63, 3.8) is 0 Å². The molecule has 0 aliphatic heterocycles. The SMILES string of the molecule is CC(C)(C)Cc1ccc2c(c1)-c1c(c(Cl)cc3ccccc13)C2. The maximum absolute atomic E-state index is 6.58. The molecule has 3 aromatic rings. The normalized spacial score (nSPS) is 13.2. The van der Waals surface area contributed by atoms with E-state index in [1.54, 1.807) is 0 Å². The first kappa shape index (κ1) is 14.8. The minimum absolute atomic E-state index is 0.298. The van der Waals surface area contributed by atoms with Crippen LogP contribution in [0.1, 0.15) is 37.5 Å². The topological polar surface area (TPSA) is 0 Å². The molecule has 0 radical (unpaired) electrons. The van der Waals surface area contributed by atoms with Gasteiger partial charge in [-0.3, -0.25) is 0 Å². The van der Waals surface area contributed by atoms with Crippen molar-refractivity contribution in [3.8, 4) is 11.1 Å². The fourth-order valence-corrected chi connectivity index (χ4v) is 4.04. The Hall–Kier alpha value is -1.79. The second-order valence-corrected chi connectivity index (χ2v) is 8.25. The van der Waals surface area contributed by atoms with Gasteiger partial charge >= 0.3 is 0 Å². The summed E-state index contributed by atoms with van der Waals surface area (Å²) in [6.07, 6.45) is 2.04. The number of rotatable bonds is 1. The molecule has 0 saturated carbocycles. The van der Waals surface area contributed by atoms with Gasteiger partial charge in [0.15, 0.2) is 0 Å². The second-order valence-electron chi connectivity index (χ2n) is 7.84. The molecular formula is C22H21Cl. The summed E-state index contributed by atoms with van der Waals surface area (Å²) in [5.74, 6) is 0. The zero-order chi connectivity index (χ0) is 16.2. The van der Waals surface area contributed by atoms with E-state index in [-0.39, 0.29) is 0 Å². The van der Waals surface area contributed by atoms with E-state index >= 15 is 0 Å². The predicted molar refractivity (Wildman–Crippen MR) is 100 cm³/mol. The van der Waals surface area contributed by atoms with Gasteiger partial charge in [-0.1, -0.05) is 74.8 Å². The Morgan fingerprint density at radius 1 is 1.00 bits per heavy atom. The second kappa shape index (κ2) is 5.11. The molecule has 0 heterocycles. The Labute approximate surface area is 143 Å². The first-order valence-electron chi connectivity index (χ1n) is 8.25. The van der Waals surface area contributed by atoms with Crippen LogP contribution in [0.2, 0.25) is 5.02 Å². The first-order valence-corrected chi connectivity index (χ1v) is 8.62.